The molecule has 120 valence electrons. The molecule has 1 heterocycles. The Morgan fingerprint density at radius 2 is 1.78 bits per heavy atom. The molecule has 0 amide bonds. The van der Waals surface area contributed by atoms with Crippen molar-refractivity contribution in [3.8, 4) is 0 Å². The molecule has 6 nitrogen and oxygen atoms in total. The molecule has 0 bridgehead atoms. The second-order valence-corrected chi connectivity index (χ2v) is 6.97. The van der Waals surface area contributed by atoms with Gasteiger partial charge in [-0.15, -0.1) is 0 Å². The van der Waals surface area contributed by atoms with Gasteiger partial charge >= 0.3 is 5.76 Å². The number of rotatable bonds is 3. The quantitative estimate of drug-likeness (QED) is 0.734. The van der Waals surface area contributed by atoms with E-state index in [0.717, 1.165) is 4.31 Å². The molecule has 0 aliphatic carbocycles. The highest BCUT2D eigenvalue weighted by Crippen LogP contribution is 2.24. The highest BCUT2D eigenvalue weighted by Gasteiger charge is 2.22. The van der Waals surface area contributed by atoms with E-state index in [0.29, 0.717) is 11.2 Å². The van der Waals surface area contributed by atoms with Gasteiger partial charge in [-0.2, -0.15) is 0 Å². The third-order valence-corrected chi connectivity index (χ3v) is 5.39. The van der Waals surface area contributed by atoms with Gasteiger partial charge in [0.05, 0.1) is 16.1 Å². The molecule has 2 aromatic carbocycles. The number of oxazole rings is 1. The van der Waals surface area contributed by atoms with Gasteiger partial charge < -0.3 is 4.42 Å². The third kappa shape index (κ3) is 2.50. The predicted molar refractivity (Wildman–Crippen MR) is 83.4 cm³/mol. The van der Waals surface area contributed by atoms with Crippen LogP contribution >= 0.6 is 0 Å². The van der Waals surface area contributed by atoms with Crippen molar-refractivity contribution in [2.45, 2.75) is 4.90 Å². The lowest BCUT2D eigenvalue weighted by atomic mass is 10.3. The van der Waals surface area contributed by atoms with Crippen molar-refractivity contribution >= 4 is 26.8 Å². The number of nitrogens with zero attached hydrogens (tertiary/aromatic N) is 2. The van der Waals surface area contributed by atoms with Gasteiger partial charge in [-0.05, 0) is 36.4 Å². The monoisotopic (exact) mass is 336 g/mol. The van der Waals surface area contributed by atoms with E-state index in [2.05, 4.69) is 0 Å². The minimum absolute atomic E-state index is 0.0221. The van der Waals surface area contributed by atoms with Gasteiger partial charge in [-0.25, -0.2) is 17.6 Å². The van der Waals surface area contributed by atoms with E-state index in [1.165, 1.54) is 61.1 Å². The van der Waals surface area contributed by atoms with Gasteiger partial charge in [0.25, 0.3) is 10.0 Å². The normalized spacial score (nSPS) is 11.8. The number of aromatic nitrogens is 1. The molecule has 0 saturated heterocycles. The lowest BCUT2D eigenvalue weighted by molar-refractivity contribution is 0.527. The number of sulfonamides is 1. The molecule has 0 aliphatic heterocycles. The molecule has 0 saturated carbocycles. The van der Waals surface area contributed by atoms with E-state index in [1.54, 1.807) is 0 Å². The Balaban J connectivity index is 2.08. The Morgan fingerprint density at radius 1 is 1.13 bits per heavy atom. The Kier molecular flexibility index (Phi) is 3.48. The van der Waals surface area contributed by atoms with E-state index >= 15 is 0 Å². The minimum Gasteiger partial charge on any atom is -0.408 e. The van der Waals surface area contributed by atoms with E-state index < -0.39 is 21.6 Å². The topological polar surface area (TPSA) is 72.5 Å². The largest absolute Gasteiger partial charge is 0.419 e. The fourth-order valence-corrected chi connectivity index (χ4v) is 3.43. The maximum atomic E-state index is 13.0. The summed E-state index contributed by atoms with van der Waals surface area (Å²) in [6.07, 6.45) is 0. The molecule has 1 aromatic heterocycles. The summed E-state index contributed by atoms with van der Waals surface area (Å²) in [6.45, 7) is 0. The summed E-state index contributed by atoms with van der Waals surface area (Å²) >= 11 is 0. The van der Waals surface area contributed by atoms with E-state index in [1.807, 2.05) is 0 Å². The van der Waals surface area contributed by atoms with Crippen LogP contribution in [0, 0.1) is 5.82 Å². The van der Waals surface area contributed by atoms with Crippen LogP contribution in [0.25, 0.3) is 11.1 Å². The minimum atomic E-state index is -3.86. The Labute approximate surface area is 131 Å². The lowest BCUT2D eigenvalue weighted by Gasteiger charge is -2.19. The average Bonchev–Trinajstić information content (AvgIpc) is 2.81. The fourth-order valence-electron chi connectivity index (χ4n) is 2.22. The van der Waals surface area contributed by atoms with Crippen molar-refractivity contribution in [1.82, 2.24) is 4.57 Å². The maximum Gasteiger partial charge on any atom is 0.419 e. The van der Waals surface area contributed by atoms with Crippen LogP contribution in [0.1, 0.15) is 0 Å². The zero-order chi connectivity index (χ0) is 16.8. The first kappa shape index (κ1) is 15.3. The van der Waals surface area contributed by atoms with Crippen LogP contribution in [0.3, 0.4) is 0 Å². The highest BCUT2D eigenvalue weighted by atomic mass is 32.2. The second kappa shape index (κ2) is 5.24. The van der Waals surface area contributed by atoms with Gasteiger partial charge in [0.1, 0.15) is 5.82 Å². The molecule has 0 atom stereocenters. The SMILES string of the molecule is CN(c1ccc(F)cc1)S(=O)(=O)c1ccc2c(c1)oc(=O)n2C. The predicted octanol–water partition coefficient (Wildman–Crippen LogP) is 2.10. The number of hydrogen-bond acceptors (Lipinski definition) is 4. The standard InChI is InChI=1S/C15H13FN2O4S/c1-17-13-8-7-12(9-14(13)22-15(17)19)23(20,21)18(2)11-5-3-10(16)4-6-11/h3-9H,1-2H3. The van der Waals surface area contributed by atoms with Crippen molar-refractivity contribution in [1.29, 1.82) is 0 Å². The highest BCUT2D eigenvalue weighted by molar-refractivity contribution is 7.92. The zero-order valence-corrected chi connectivity index (χ0v) is 13.2. The lowest BCUT2D eigenvalue weighted by Crippen LogP contribution is -2.26. The van der Waals surface area contributed by atoms with E-state index in [4.69, 9.17) is 4.42 Å². The number of aryl methyl sites for hydroxylation is 1. The van der Waals surface area contributed by atoms with Crippen LogP contribution in [0.5, 0.6) is 0 Å². The van der Waals surface area contributed by atoms with E-state index in [9.17, 15) is 17.6 Å². The molecule has 3 aromatic rings. The molecular weight excluding hydrogens is 323 g/mol. The average molecular weight is 336 g/mol. The molecule has 3 rings (SSSR count). The summed E-state index contributed by atoms with van der Waals surface area (Å²) in [5.41, 5.74) is 1.01. The van der Waals surface area contributed by atoms with Crippen molar-refractivity contribution < 1.29 is 17.2 Å². The van der Waals surface area contributed by atoms with Crippen LogP contribution in [-0.2, 0) is 17.1 Å². The van der Waals surface area contributed by atoms with Crippen molar-refractivity contribution in [3.63, 3.8) is 0 Å². The van der Waals surface area contributed by atoms with Crippen LogP contribution in [-0.4, -0.2) is 20.0 Å². The van der Waals surface area contributed by atoms with Gasteiger partial charge in [0.2, 0.25) is 0 Å². The van der Waals surface area contributed by atoms with Crippen LogP contribution in [0.4, 0.5) is 10.1 Å². The summed E-state index contributed by atoms with van der Waals surface area (Å²) in [6, 6.07) is 9.30. The van der Waals surface area contributed by atoms with Crippen LogP contribution < -0.4 is 10.1 Å². The fraction of sp³-hybridized carbons (Fsp3) is 0.133. The molecule has 0 aliphatic rings. The zero-order valence-electron chi connectivity index (χ0n) is 12.4. The van der Waals surface area contributed by atoms with Gasteiger partial charge in [-0.3, -0.25) is 8.87 Å². The molecule has 0 spiro atoms. The summed E-state index contributed by atoms with van der Waals surface area (Å²) in [4.78, 5) is 11.5. The molecule has 8 heteroatoms. The number of benzene rings is 2. The second-order valence-electron chi connectivity index (χ2n) is 5.01. The third-order valence-electron chi connectivity index (χ3n) is 3.61. The molecule has 0 N–H and O–H groups in total. The first-order valence-corrected chi connectivity index (χ1v) is 8.09. The maximum absolute atomic E-state index is 13.0. The Bertz CT molecular complexity index is 1040. The van der Waals surface area contributed by atoms with Crippen molar-refractivity contribution in [2.24, 2.45) is 7.05 Å². The number of halogens is 1. The number of anilines is 1. The Morgan fingerprint density at radius 3 is 2.43 bits per heavy atom. The van der Waals surface area contributed by atoms with Crippen LogP contribution in [0.2, 0.25) is 0 Å². The summed E-state index contributed by atoms with van der Waals surface area (Å²) in [5.74, 6) is -1.02. The van der Waals surface area contributed by atoms with Gasteiger partial charge in [0, 0.05) is 20.2 Å². The summed E-state index contributed by atoms with van der Waals surface area (Å²) < 4.78 is 45.6. The first-order chi connectivity index (χ1) is 10.8. The van der Waals surface area contributed by atoms with Crippen molar-refractivity contribution in [2.75, 3.05) is 11.4 Å². The first-order valence-electron chi connectivity index (χ1n) is 6.65. The van der Waals surface area contributed by atoms with Gasteiger partial charge in [-0.1, -0.05) is 0 Å². The number of hydrogen-bond donors (Lipinski definition) is 0. The van der Waals surface area contributed by atoms with Gasteiger partial charge in [0.15, 0.2) is 5.58 Å². The smallest absolute Gasteiger partial charge is 0.408 e. The molecule has 0 fully saturated rings. The van der Waals surface area contributed by atoms with Crippen molar-refractivity contribution in [3.05, 3.63) is 58.8 Å². The summed E-state index contributed by atoms with van der Waals surface area (Å²) in [7, 11) is -0.957. The molecule has 0 radical (unpaired) electrons. The number of fused-ring (bicyclic) bond motifs is 1. The summed E-state index contributed by atoms with van der Waals surface area (Å²) in [5, 5.41) is 0. The Hall–Kier alpha value is -2.61. The van der Waals surface area contributed by atoms with Crippen LogP contribution in [0.15, 0.2) is 56.6 Å². The van der Waals surface area contributed by atoms with E-state index in [-0.39, 0.29) is 10.5 Å². The molecule has 23 heavy (non-hydrogen) atoms. The molecular formula is C15H13FN2O4S. The molecule has 0 unspecified atom stereocenters.